The number of hydrogen-bond acceptors (Lipinski definition) is 7. The van der Waals surface area contributed by atoms with E-state index in [9.17, 15) is 19.2 Å². The topological polar surface area (TPSA) is 96.0 Å². The normalized spacial score (nSPS) is 20.5. The van der Waals surface area contributed by atoms with Gasteiger partial charge >= 0.3 is 17.9 Å². The lowest BCUT2D eigenvalue weighted by Crippen LogP contribution is -2.33. The van der Waals surface area contributed by atoms with Crippen LogP contribution in [0, 0.1) is 0 Å². The van der Waals surface area contributed by atoms with E-state index in [0.717, 1.165) is 12.8 Å². The molecule has 32 heavy (non-hydrogen) atoms. The highest BCUT2D eigenvalue weighted by Gasteiger charge is 2.41. The van der Waals surface area contributed by atoms with Crippen molar-refractivity contribution >= 4 is 23.7 Å². The molecule has 0 fully saturated rings. The fraction of sp³-hybridized carbons (Fsp3) is 0.440. The number of methoxy groups -OCH3 is 1. The third kappa shape index (κ3) is 9.29. The fourth-order valence-corrected chi connectivity index (χ4v) is 3.13. The first-order valence-corrected chi connectivity index (χ1v) is 10.6. The highest BCUT2D eigenvalue weighted by atomic mass is 16.6. The molecule has 2 atom stereocenters. The standard InChI is InChI=1S/C25H32O7/c1-5-6-7-8-9-10-17-25(32-20(3)27)18-16-23(28)22(25)13-11-12-21(31-19(2)26)14-15-24(29)30-4/h6-7,9-13,16,18,21H,5,8,14-15,17H2,1-4H3/b7-6-,10-9-,12-11-,22-13?/t21-,25-/m0/s1. The van der Waals surface area contributed by atoms with Crippen molar-refractivity contribution in [3.05, 3.63) is 60.3 Å². The van der Waals surface area contributed by atoms with Crippen LogP contribution >= 0.6 is 0 Å². The van der Waals surface area contributed by atoms with Gasteiger partial charge < -0.3 is 14.2 Å². The second-order valence-corrected chi connectivity index (χ2v) is 7.20. The van der Waals surface area contributed by atoms with Crippen LogP contribution in [0.5, 0.6) is 0 Å². The summed E-state index contributed by atoms with van der Waals surface area (Å²) in [7, 11) is 1.28. The quantitative estimate of drug-likeness (QED) is 0.193. The molecule has 0 saturated heterocycles. The molecule has 0 heterocycles. The van der Waals surface area contributed by atoms with Crippen molar-refractivity contribution in [1.29, 1.82) is 0 Å². The van der Waals surface area contributed by atoms with Crippen LogP contribution < -0.4 is 0 Å². The molecule has 1 aliphatic carbocycles. The van der Waals surface area contributed by atoms with Crippen LogP contribution in [0.25, 0.3) is 0 Å². The summed E-state index contributed by atoms with van der Waals surface area (Å²) in [4.78, 5) is 47.0. The molecular formula is C25H32O7. The van der Waals surface area contributed by atoms with Gasteiger partial charge in [0.15, 0.2) is 11.4 Å². The number of rotatable bonds is 12. The predicted octanol–water partition coefficient (Wildman–Crippen LogP) is 4.10. The highest BCUT2D eigenvalue weighted by molar-refractivity contribution is 6.09. The van der Waals surface area contributed by atoms with E-state index in [4.69, 9.17) is 9.47 Å². The van der Waals surface area contributed by atoms with Crippen molar-refractivity contribution in [3.8, 4) is 0 Å². The van der Waals surface area contributed by atoms with E-state index >= 15 is 0 Å². The molecule has 0 aromatic carbocycles. The van der Waals surface area contributed by atoms with Crippen molar-refractivity contribution in [2.45, 2.75) is 64.6 Å². The van der Waals surface area contributed by atoms with Gasteiger partial charge in [-0.2, -0.15) is 0 Å². The van der Waals surface area contributed by atoms with E-state index in [2.05, 4.69) is 17.7 Å². The lowest BCUT2D eigenvalue weighted by Gasteiger charge is -2.27. The largest absolute Gasteiger partial charge is 0.469 e. The fourth-order valence-electron chi connectivity index (χ4n) is 3.13. The lowest BCUT2D eigenvalue weighted by atomic mass is 9.91. The predicted molar refractivity (Wildman–Crippen MR) is 120 cm³/mol. The summed E-state index contributed by atoms with van der Waals surface area (Å²) in [6.45, 7) is 4.62. The number of carbonyl (C=O) groups excluding carboxylic acids is 4. The Morgan fingerprint density at radius 2 is 1.81 bits per heavy atom. The average molecular weight is 445 g/mol. The Morgan fingerprint density at radius 1 is 1.09 bits per heavy atom. The zero-order valence-corrected chi connectivity index (χ0v) is 19.2. The van der Waals surface area contributed by atoms with E-state index in [1.807, 2.05) is 18.2 Å². The second kappa shape index (κ2) is 14.0. The third-order valence-electron chi connectivity index (χ3n) is 4.58. The smallest absolute Gasteiger partial charge is 0.305 e. The maximum Gasteiger partial charge on any atom is 0.305 e. The van der Waals surface area contributed by atoms with Gasteiger partial charge in [0, 0.05) is 32.3 Å². The Morgan fingerprint density at radius 3 is 2.44 bits per heavy atom. The Labute approximate surface area is 189 Å². The van der Waals surface area contributed by atoms with Crippen LogP contribution in [0.1, 0.15) is 52.9 Å². The van der Waals surface area contributed by atoms with Crippen molar-refractivity contribution in [3.63, 3.8) is 0 Å². The van der Waals surface area contributed by atoms with Crippen LogP contribution in [-0.4, -0.2) is 42.5 Å². The summed E-state index contributed by atoms with van der Waals surface area (Å²) >= 11 is 0. The molecule has 0 unspecified atom stereocenters. The van der Waals surface area contributed by atoms with Gasteiger partial charge in [0.05, 0.1) is 7.11 Å². The molecule has 0 aromatic rings. The molecule has 0 aliphatic heterocycles. The first-order valence-electron chi connectivity index (χ1n) is 10.6. The molecule has 0 N–H and O–H groups in total. The summed E-state index contributed by atoms with van der Waals surface area (Å²) in [5.41, 5.74) is -0.895. The Kier molecular flexibility index (Phi) is 11.7. The SMILES string of the molecule is CC/C=C\C/C=C\C[C@]1(OC(C)=O)C=CC(=O)C1=C/C=C\[C@@H](CCC(=O)OC)OC(C)=O. The molecule has 0 radical (unpaired) electrons. The maximum atomic E-state index is 12.5. The Hall–Kier alpha value is -3.22. The van der Waals surface area contributed by atoms with Crippen LogP contribution in [0.4, 0.5) is 0 Å². The van der Waals surface area contributed by atoms with Crippen LogP contribution in [0.3, 0.4) is 0 Å². The zero-order chi connectivity index (χ0) is 24.0. The molecule has 0 saturated carbocycles. The Balaban J connectivity index is 3.06. The summed E-state index contributed by atoms with van der Waals surface area (Å²) in [6, 6.07) is 0. The molecule has 7 heteroatoms. The molecule has 1 rings (SSSR count). The highest BCUT2D eigenvalue weighted by Crippen LogP contribution is 2.34. The van der Waals surface area contributed by atoms with Crippen LogP contribution in [-0.2, 0) is 33.4 Å². The minimum Gasteiger partial charge on any atom is -0.469 e. The third-order valence-corrected chi connectivity index (χ3v) is 4.58. The van der Waals surface area contributed by atoms with Gasteiger partial charge in [-0.1, -0.05) is 43.4 Å². The average Bonchev–Trinajstić information content (AvgIpc) is 3.03. The zero-order valence-electron chi connectivity index (χ0n) is 19.2. The Bertz CT molecular complexity index is 829. The molecule has 1 aliphatic rings. The summed E-state index contributed by atoms with van der Waals surface area (Å²) in [6.07, 6.45) is 17.2. The van der Waals surface area contributed by atoms with Gasteiger partial charge in [0.25, 0.3) is 0 Å². The van der Waals surface area contributed by atoms with E-state index in [-0.39, 0.29) is 18.6 Å². The summed E-state index contributed by atoms with van der Waals surface area (Å²) in [5, 5.41) is 0. The molecule has 0 aromatic heterocycles. The number of ether oxygens (including phenoxy) is 3. The van der Waals surface area contributed by atoms with Gasteiger partial charge in [0.2, 0.25) is 0 Å². The number of hydrogen-bond donors (Lipinski definition) is 0. The van der Waals surface area contributed by atoms with Crippen molar-refractivity contribution < 1.29 is 33.4 Å². The number of ketones is 1. The minimum atomic E-state index is -1.19. The number of carbonyl (C=O) groups is 4. The molecule has 0 amide bonds. The number of esters is 3. The molecule has 7 nitrogen and oxygen atoms in total. The van der Waals surface area contributed by atoms with E-state index in [1.165, 1.54) is 27.0 Å². The van der Waals surface area contributed by atoms with Gasteiger partial charge in [-0.25, -0.2) is 0 Å². The summed E-state index contributed by atoms with van der Waals surface area (Å²) < 4.78 is 15.4. The van der Waals surface area contributed by atoms with Crippen LogP contribution in [0.2, 0.25) is 0 Å². The van der Waals surface area contributed by atoms with E-state index in [0.29, 0.717) is 12.0 Å². The van der Waals surface area contributed by atoms with E-state index < -0.39 is 29.6 Å². The van der Waals surface area contributed by atoms with E-state index in [1.54, 1.807) is 24.3 Å². The minimum absolute atomic E-state index is 0.0739. The van der Waals surface area contributed by atoms with Crippen LogP contribution in [0.15, 0.2) is 60.3 Å². The lowest BCUT2D eigenvalue weighted by molar-refractivity contribution is -0.149. The first-order chi connectivity index (χ1) is 15.2. The maximum absolute atomic E-state index is 12.5. The monoisotopic (exact) mass is 444 g/mol. The van der Waals surface area contributed by atoms with Gasteiger partial charge in [-0.3, -0.25) is 19.2 Å². The van der Waals surface area contributed by atoms with Crippen molar-refractivity contribution in [2.75, 3.05) is 7.11 Å². The molecule has 0 bridgehead atoms. The van der Waals surface area contributed by atoms with Gasteiger partial charge in [-0.05, 0) is 37.5 Å². The number of allylic oxidation sites excluding steroid dienone is 6. The van der Waals surface area contributed by atoms with Crippen molar-refractivity contribution in [2.24, 2.45) is 0 Å². The summed E-state index contributed by atoms with van der Waals surface area (Å²) in [5.74, 6) is -1.69. The van der Waals surface area contributed by atoms with Gasteiger partial charge in [-0.15, -0.1) is 0 Å². The molecule has 174 valence electrons. The first kappa shape index (κ1) is 26.8. The molecule has 0 spiro atoms. The van der Waals surface area contributed by atoms with Gasteiger partial charge in [0.1, 0.15) is 6.10 Å². The molecular weight excluding hydrogens is 412 g/mol. The van der Waals surface area contributed by atoms with Crippen molar-refractivity contribution in [1.82, 2.24) is 0 Å². The second-order valence-electron chi connectivity index (χ2n) is 7.20.